The van der Waals surface area contributed by atoms with Gasteiger partial charge in [0.2, 0.25) is 0 Å². The van der Waals surface area contributed by atoms with Crippen LogP contribution in [0.3, 0.4) is 0 Å². The van der Waals surface area contributed by atoms with Gasteiger partial charge in [-0.3, -0.25) is 0 Å². The highest BCUT2D eigenvalue weighted by molar-refractivity contribution is 5.44. The van der Waals surface area contributed by atoms with Crippen molar-refractivity contribution in [2.75, 3.05) is 26.4 Å². The van der Waals surface area contributed by atoms with Gasteiger partial charge < -0.3 is 25.1 Å². The molecule has 2 rings (SSSR count). The molecule has 0 aromatic heterocycles. The van der Waals surface area contributed by atoms with Gasteiger partial charge in [0, 0.05) is 18.2 Å². The van der Waals surface area contributed by atoms with E-state index in [2.05, 4.69) is 0 Å². The summed E-state index contributed by atoms with van der Waals surface area (Å²) in [4.78, 5) is 0. The zero-order chi connectivity index (χ0) is 13.0. The standard InChI is InChI=1S/C13H19NO4/c1-2-16-6-9(15)7-17-10-3-4-11-12(14)8-18-13(11)5-10/h3-5,9,12,15H,2,6-8,14H2,1H3. The van der Waals surface area contributed by atoms with Crippen molar-refractivity contribution in [3.8, 4) is 11.5 Å². The maximum absolute atomic E-state index is 9.58. The van der Waals surface area contributed by atoms with Crippen molar-refractivity contribution in [3.05, 3.63) is 23.8 Å². The van der Waals surface area contributed by atoms with Crippen LogP contribution in [0, 0.1) is 0 Å². The second-order valence-electron chi connectivity index (χ2n) is 4.24. The van der Waals surface area contributed by atoms with Crippen molar-refractivity contribution < 1.29 is 19.3 Å². The lowest BCUT2D eigenvalue weighted by Crippen LogP contribution is -2.23. The van der Waals surface area contributed by atoms with E-state index in [1.54, 1.807) is 6.07 Å². The highest BCUT2D eigenvalue weighted by Gasteiger charge is 2.20. The van der Waals surface area contributed by atoms with Crippen molar-refractivity contribution in [2.45, 2.75) is 19.1 Å². The summed E-state index contributed by atoms with van der Waals surface area (Å²) in [6.45, 7) is 3.45. The Morgan fingerprint density at radius 3 is 3.11 bits per heavy atom. The van der Waals surface area contributed by atoms with Crippen LogP contribution < -0.4 is 15.2 Å². The Labute approximate surface area is 106 Å². The molecule has 0 bridgehead atoms. The Balaban J connectivity index is 1.87. The van der Waals surface area contributed by atoms with Gasteiger partial charge in [0.05, 0.1) is 12.6 Å². The molecule has 1 aliphatic rings. The van der Waals surface area contributed by atoms with E-state index in [4.69, 9.17) is 19.9 Å². The van der Waals surface area contributed by atoms with Gasteiger partial charge in [-0.25, -0.2) is 0 Å². The van der Waals surface area contributed by atoms with Crippen LogP contribution in [0.15, 0.2) is 18.2 Å². The van der Waals surface area contributed by atoms with Crippen LogP contribution in [0.2, 0.25) is 0 Å². The van der Waals surface area contributed by atoms with Crippen LogP contribution in [-0.4, -0.2) is 37.6 Å². The molecule has 18 heavy (non-hydrogen) atoms. The lowest BCUT2D eigenvalue weighted by Gasteiger charge is -2.12. The summed E-state index contributed by atoms with van der Waals surface area (Å²) >= 11 is 0. The highest BCUT2D eigenvalue weighted by Crippen LogP contribution is 2.33. The molecule has 3 N–H and O–H groups in total. The van der Waals surface area contributed by atoms with Gasteiger partial charge in [0.15, 0.2) is 0 Å². The Bertz CT molecular complexity index is 397. The maximum atomic E-state index is 9.58. The van der Waals surface area contributed by atoms with E-state index in [9.17, 15) is 5.11 Å². The van der Waals surface area contributed by atoms with E-state index in [0.717, 1.165) is 11.3 Å². The second-order valence-corrected chi connectivity index (χ2v) is 4.24. The molecule has 5 heteroatoms. The molecule has 1 aliphatic heterocycles. The topological polar surface area (TPSA) is 73.9 Å². The molecule has 0 amide bonds. The fourth-order valence-corrected chi connectivity index (χ4v) is 1.80. The van der Waals surface area contributed by atoms with E-state index in [0.29, 0.717) is 19.0 Å². The van der Waals surface area contributed by atoms with E-state index < -0.39 is 6.10 Å². The smallest absolute Gasteiger partial charge is 0.127 e. The first-order valence-electron chi connectivity index (χ1n) is 6.11. The first kappa shape index (κ1) is 13.1. The van der Waals surface area contributed by atoms with E-state index in [1.165, 1.54) is 0 Å². The molecular formula is C13H19NO4. The normalized spacial score (nSPS) is 19.2. The first-order chi connectivity index (χ1) is 8.70. The third kappa shape index (κ3) is 3.13. The molecule has 0 spiro atoms. The minimum Gasteiger partial charge on any atom is -0.491 e. The fourth-order valence-electron chi connectivity index (χ4n) is 1.80. The molecule has 0 fully saturated rings. The zero-order valence-electron chi connectivity index (χ0n) is 10.5. The van der Waals surface area contributed by atoms with E-state index in [-0.39, 0.29) is 19.3 Å². The molecule has 100 valence electrons. The quantitative estimate of drug-likeness (QED) is 0.786. The Morgan fingerprint density at radius 2 is 2.33 bits per heavy atom. The van der Waals surface area contributed by atoms with Crippen molar-refractivity contribution >= 4 is 0 Å². The fraction of sp³-hybridized carbons (Fsp3) is 0.538. The minimum atomic E-state index is -0.624. The molecule has 1 aromatic carbocycles. The number of aliphatic hydroxyl groups excluding tert-OH is 1. The lowest BCUT2D eigenvalue weighted by atomic mass is 10.1. The van der Waals surface area contributed by atoms with Crippen LogP contribution in [-0.2, 0) is 4.74 Å². The number of benzene rings is 1. The number of nitrogens with two attached hydrogens (primary N) is 1. The van der Waals surface area contributed by atoms with Crippen molar-refractivity contribution in [2.24, 2.45) is 5.73 Å². The van der Waals surface area contributed by atoms with Crippen molar-refractivity contribution in [3.63, 3.8) is 0 Å². The van der Waals surface area contributed by atoms with E-state index >= 15 is 0 Å². The van der Waals surface area contributed by atoms with Gasteiger partial charge in [0.25, 0.3) is 0 Å². The number of aliphatic hydroxyl groups is 1. The lowest BCUT2D eigenvalue weighted by molar-refractivity contribution is 0.0164. The van der Waals surface area contributed by atoms with Gasteiger partial charge in [-0.15, -0.1) is 0 Å². The third-order valence-corrected chi connectivity index (χ3v) is 2.76. The monoisotopic (exact) mass is 253 g/mol. The molecule has 5 nitrogen and oxygen atoms in total. The maximum Gasteiger partial charge on any atom is 0.127 e. The number of hydrogen-bond acceptors (Lipinski definition) is 5. The van der Waals surface area contributed by atoms with Crippen molar-refractivity contribution in [1.82, 2.24) is 0 Å². The largest absolute Gasteiger partial charge is 0.491 e. The van der Waals surface area contributed by atoms with Gasteiger partial charge in [-0.05, 0) is 19.1 Å². The molecule has 0 saturated carbocycles. The average molecular weight is 253 g/mol. The SMILES string of the molecule is CCOCC(O)COc1ccc2c(c1)OCC2N. The third-order valence-electron chi connectivity index (χ3n) is 2.76. The van der Waals surface area contributed by atoms with Crippen LogP contribution in [0.25, 0.3) is 0 Å². The number of hydrogen-bond donors (Lipinski definition) is 2. The van der Waals surface area contributed by atoms with Gasteiger partial charge in [0.1, 0.15) is 30.8 Å². The van der Waals surface area contributed by atoms with Crippen LogP contribution in [0.1, 0.15) is 18.5 Å². The summed E-state index contributed by atoms with van der Waals surface area (Å²) in [5, 5.41) is 9.58. The van der Waals surface area contributed by atoms with Crippen LogP contribution >= 0.6 is 0 Å². The van der Waals surface area contributed by atoms with Gasteiger partial charge in [-0.1, -0.05) is 0 Å². The summed E-state index contributed by atoms with van der Waals surface area (Å²) in [7, 11) is 0. The molecular weight excluding hydrogens is 234 g/mol. The molecule has 0 saturated heterocycles. The summed E-state index contributed by atoms with van der Waals surface area (Å²) < 4.78 is 16.0. The minimum absolute atomic E-state index is 0.0578. The zero-order valence-corrected chi connectivity index (χ0v) is 10.5. The Hall–Kier alpha value is -1.30. The van der Waals surface area contributed by atoms with Gasteiger partial charge >= 0.3 is 0 Å². The molecule has 2 unspecified atom stereocenters. The predicted octanol–water partition coefficient (Wildman–Crippen LogP) is 0.855. The molecule has 1 heterocycles. The summed E-state index contributed by atoms with van der Waals surface area (Å²) in [5.41, 5.74) is 6.85. The van der Waals surface area contributed by atoms with Crippen LogP contribution in [0.5, 0.6) is 11.5 Å². The predicted molar refractivity (Wildman–Crippen MR) is 66.9 cm³/mol. The van der Waals surface area contributed by atoms with Gasteiger partial charge in [-0.2, -0.15) is 0 Å². The Kier molecular flexibility index (Phi) is 4.41. The second kappa shape index (κ2) is 6.04. The molecule has 0 radical (unpaired) electrons. The molecule has 2 atom stereocenters. The number of fused-ring (bicyclic) bond motifs is 1. The summed E-state index contributed by atoms with van der Waals surface area (Å²) in [5.74, 6) is 1.43. The summed E-state index contributed by atoms with van der Waals surface area (Å²) in [6.07, 6.45) is -0.624. The Morgan fingerprint density at radius 1 is 1.50 bits per heavy atom. The number of ether oxygens (including phenoxy) is 3. The van der Waals surface area contributed by atoms with Crippen molar-refractivity contribution in [1.29, 1.82) is 0 Å². The molecule has 1 aromatic rings. The number of rotatable bonds is 6. The highest BCUT2D eigenvalue weighted by atomic mass is 16.5. The van der Waals surface area contributed by atoms with E-state index in [1.807, 2.05) is 19.1 Å². The first-order valence-corrected chi connectivity index (χ1v) is 6.11. The van der Waals surface area contributed by atoms with Crippen LogP contribution in [0.4, 0.5) is 0 Å². The average Bonchev–Trinajstić information content (AvgIpc) is 2.75. The molecule has 0 aliphatic carbocycles. The summed E-state index contributed by atoms with van der Waals surface area (Å²) in [6, 6.07) is 5.48.